The smallest absolute Gasteiger partial charge is 0.109 e. The Bertz CT molecular complexity index is 366. The van der Waals surface area contributed by atoms with Crippen molar-refractivity contribution in [3.63, 3.8) is 0 Å². The molecular weight excluding hydrogens is 333 g/mol. The summed E-state index contributed by atoms with van der Waals surface area (Å²) in [7, 11) is 0. The third kappa shape index (κ3) is 4.62. The second kappa shape index (κ2) is 9.22. The normalized spacial score (nSPS) is 17.2. The van der Waals surface area contributed by atoms with E-state index in [1.54, 1.807) is 18.2 Å². The van der Waals surface area contributed by atoms with Crippen molar-refractivity contribution in [1.29, 1.82) is 0 Å². The van der Waals surface area contributed by atoms with E-state index in [9.17, 15) is 4.39 Å². The van der Waals surface area contributed by atoms with E-state index in [0.717, 1.165) is 26.2 Å². The molecule has 2 rings (SSSR count). The van der Waals surface area contributed by atoms with Crippen molar-refractivity contribution in [3.05, 3.63) is 33.8 Å². The van der Waals surface area contributed by atoms with Gasteiger partial charge in [-0.15, -0.1) is 24.8 Å². The molecule has 110 valence electrons. The first-order valence-corrected chi connectivity index (χ1v) is 6.44. The van der Waals surface area contributed by atoms with Crippen LogP contribution < -0.4 is 5.32 Å². The molecule has 19 heavy (non-hydrogen) atoms. The summed E-state index contributed by atoms with van der Waals surface area (Å²) >= 11 is 12.3. The molecule has 2 nitrogen and oxygen atoms in total. The SMILES string of the molecule is Cl.Cl.FC[C@@H](c1c(Cl)cccc1Cl)N1CCNCC1. The van der Waals surface area contributed by atoms with E-state index in [0.29, 0.717) is 15.6 Å². The Labute approximate surface area is 135 Å². The molecule has 0 aliphatic carbocycles. The summed E-state index contributed by atoms with van der Waals surface area (Å²) in [6.45, 7) is 2.91. The Morgan fingerprint density at radius 1 is 1.16 bits per heavy atom. The van der Waals surface area contributed by atoms with E-state index >= 15 is 0 Å². The Balaban J connectivity index is 0.00000162. The fourth-order valence-electron chi connectivity index (χ4n) is 2.18. The molecule has 1 N–H and O–H groups in total. The third-order valence-electron chi connectivity index (χ3n) is 3.07. The maximum Gasteiger partial charge on any atom is 0.109 e. The van der Waals surface area contributed by atoms with Crippen LogP contribution in [0.3, 0.4) is 0 Å². The zero-order valence-electron chi connectivity index (χ0n) is 10.2. The van der Waals surface area contributed by atoms with Crippen LogP contribution in [0.1, 0.15) is 11.6 Å². The van der Waals surface area contributed by atoms with Crippen LogP contribution in [0.25, 0.3) is 0 Å². The summed E-state index contributed by atoms with van der Waals surface area (Å²) in [5.74, 6) is 0. The Morgan fingerprint density at radius 2 is 1.68 bits per heavy atom. The van der Waals surface area contributed by atoms with E-state index in [-0.39, 0.29) is 30.9 Å². The minimum absolute atomic E-state index is 0. The van der Waals surface area contributed by atoms with Gasteiger partial charge in [0.1, 0.15) is 6.67 Å². The molecule has 0 radical (unpaired) electrons. The van der Waals surface area contributed by atoms with Crippen LogP contribution in [0.15, 0.2) is 18.2 Å². The van der Waals surface area contributed by atoms with E-state index in [1.807, 2.05) is 0 Å². The van der Waals surface area contributed by atoms with E-state index in [2.05, 4.69) is 10.2 Å². The molecular formula is C12H17Cl4FN2. The number of alkyl halides is 1. The minimum atomic E-state index is -0.469. The maximum atomic E-state index is 13.3. The number of piperazine rings is 1. The van der Waals surface area contributed by atoms with Gasteiger partial charge in [0.15, 0.2) is 0 Å². The first-order chi connectivity index (χ1) is 8.24. The van der Waals surface area contributed by atoms with E-state index in [4.69, 9.17) is 23.2 Å². The van der Waals surface area contributed by atoms with Gasteiger partial charge in [-0.1, -0.05) is 29.3 Å². The Hall–Kier alpha value is 0.230. The summed E-state index contributed by atoms with van der Waals surface area (Å²) in [5, 5.41) is 4.33. The largest absolute Gasteiger partial charge is 0.314 e. The summed E-state index contributed by atoms with van der Waals surface area (Å²) in [4.78, 5) is 2.09. The van der Waals surface area contributed by atoms with Crippen molar-refractivity contribution >= 4 is 48.0 Å². The zero-order chi connectivity index (χ0) is 12.3. The molecule has 1 aromatic carbocycles. The van der Waals surface area contributed by atoms with Gasteiger partial charge >= 0.3 is 0 Å². The molecule has 1 fully saturated rings. The van der Waals surface area contributed by atoms with Crippen LogP contribution in [-0.2, 0) is 0 Å². The van der Waals surface area contributed by atoms with Crippen LogP contribution in [0.2, 0.25) is 10.0 Å². The number of nitrogens with one attached hydrogen (secondary N) is 1. The molecule has 0 spiro atoms. The van der Waals surface area contributed by atoms with Crippen molar-refractivity contribution in [2.75, 3.05) is 32.9 Å². The van der Waals surface area contributed by atoms with Crippen LogP contribution in [0, 0.1) is 0 Å². The average Bonchev–Trinajstić information content (AvgIpc) is 2.35. The second-order valence-corrected chi connectivity index (χ2v) is 4.91. The molecule has 0 aromatic heterocycles. The van der Waals surface area contributed by atoms with Crippen molar-refractivity contribution in [3.8, 4) is 0 Å². The first kappa shape index (κ1) is 19.2. The van der Waals surface area contributed by atoms with Gasteiger partial charge in [-0.05, 0) is 12.1 Å². The lowest BCUT2D eigenvalue weighted by Gasteiger charge is -2.34. The van der Waals surface area contributed by atoms with Crippen LogP contribution in [0.5, 0.6) is 0 Å². The number of nitrogens with zero attached hydrogens (tertiary/aromatic N) is 1. The lowest BCUT2D eigenvalue weighted by atomic mass is 10.1. The number of hydrogen-bond donors (Lipinski definition) is 1. The lowest BCUT2D eigenvalue weighted by Crippen LogP contribution is -2.45. The van der Waals surface area contributed by atoms with Gasteiger partial charge in [0, 0.05) is 41.8 Å². The molecule has 0 unspecified atom stereocenters. The second-order valence-electron chi connectivity index (χ2n) is 4.09. The Kier molecular flexibility index (Phi) is 9.33. The van der Waals surface area contributed by atoms with Crippen LogP contribution >= 0.6 is 48.0 Å². The quantitative estimate of drug-likeness (QED) is 0.893. The maximum absolute atomic E-state index is 13.3. The fraction of sp³-hybridized carbons (Fsp3) is 0.500. The topological polar surface area (TPSA) is 15.3 Å². The number of hydrogen-bond acceptors (Lipinski definition) is 2. The summed E-state index contributed by atoms with van der Waals surface area (Å²) in [6.07, 6.45) is 0. The first-order valence-electron chi connectivity index (χ1n) is 5.68. The van der Waals surface area contributed by atoms with Gasteiger partial charge < -0.3 is 5.32 Å². The predicted octanol–water partition coefficient (Wildman–Crippen LogP) is 3.75. The average molecular weight is 350 g/mol. The molecule has 1 saturated heterocycles. The van der Waals surface area contributed by atoms with Crippen molar-refractivity contribution in [2.45, 2.75) is 6.04 Å². The molecule has 1 heterocycles. The molecule has 0 saturated carbocycles. The van der Waals surface area contributed by atoms with Gasteiger partial charge in [-0.3, -0.25) is 4.90 Å². The fourth-order valence-corrected chi connectivity index (χ4v) is 2.83. The molecule has 1 aromatic rings. The standard InChI is InChI=1S/C12H15Cl2FN2.2ClH/c13-9-2-1-3-10(14)12(9)11(8-15)17-6-4-16-5-7-17;;/h1-3,11,16H,4-8H2;2*1H/t11-;;/m0../s1. The van der Waals surface area contributed by atoms with E-state index < -0.39 is 6.67 Å². The highest BCUT2D eigenvalue weighted by atomic mass is 35.5. The van der Waals surface area contributed by atoms with Gasteiger partial charge in [0.2, 0.25) is 0 Å². The highest BCUT2D eigenvalue weighted by molar-refractivity contribution is 6.36. The number of rotatable bonds is 3. The Morgan fingerprint density at radius 3 is 2.16 bits per heavy atom. The lowest BCUT2D eigenvalue weighted by molar-refractivity contribution is 0.147. The zero-order valence-corrected chi connectivity index (χ0v) is 13.4. The van der Waals surface area contributed by atoms with Crippen molar-refractivity contribution < 1.29 is 4.39 Å². The van der Waals surface area contributed by atoms with Crippen molar-refractivity contribution in [2.24, 2.45) is 0 Å². The highest BCUT2D eigenvalue weighted by Crippen LogP contribution is 2.34. The van der Waals surface area contributed by atoms with Crippen LogP contribution in [0.4, 0.5) is 4.39 Å². The number of benzene rings is 1. The molecule has 0 bridgehead atoms. The summed E-state index contributed by atoms with van der Waals surface area (Å²) in [5.41, 5.74) is 0.709. The number of halogens is 5. The van der Waals surface area contributed by atoms with Gasteiger partial charge in [-0.25, -0.2) is 4.39 Å². The third-order valence-corrected chi connectivity index (χ3v) is 3.73. The van der Waals surface area contributed by atoms with Gasteiger partial charge in [-0.2, -0.15) is 0 Å². The molecule has 7 heteroatoms. The minimum Gasteiger partial charge on any atom is -0.314 e. The molecule has 1 atom stereocenters. The highest BCUT2D eigenvalue weighted by Gasteiger charge is 2.25. The molecule has 1 aliphatic rings. The molecule has 1 aliphatic heterocycles. The molecule has 0 amide bonds. The predicted molar refractivity (Wildman–Crippen MR) is 84.1 cm³/mol. The van der Waals surface area contributed by atoms with Crippen LogP contribution in [-0.4, -0.2) is 37.8 Å². The summed E-state index contributed by atoms with van der Waals surface area (Å²) in [6, 6.07) is 4.96. The van der Waals surface area contributed by atoms with Gasteiger partial charge in [0.05, 0.1) is 6.04 Å². The van der Waals surface area contributed by atoms with Gasteiger partial charge in [0.25, 0.3) is 0 Å². The van der Waals surface area contributed by atoms with Crippen molar-refractivity contribution in [1.82, 2.24) is 10.2 Å². The monoisotopic (exact) mass is 348 g/mol. The van der Waals surface area contributed by atoms with E-state index in [1.165, 1.54) is 0 Å². The summed E-state index contributed by atoms with van der Waals surface area (Å²) < 4.78 is 13.3.